The van der Waals surface area contributed by atoms with Gasteiger partial charge in [-0.2, -0.15) is 0 Å². The largest absolute Gasteiger partial charge is 0.461 e. The highest BCUT2D eigenvalue weighted by Crippen LogP contribution is 2.68. The summed E-state index contributed by atoms with van der Waals surface area (Å²) < 4.78 is 6.32. The van der Waals surface area contributed by atoms with Crippen molar-refractivity contribution < 1.29 is 29.3 Å². The molecule has 0 aromatic heterocycles. The van der Waals surface area contributed by atoms with Crippen LogP contribution in [0.25, 0.3) is 0 Å². The molecule has 0 aromatic rings. The molecule has 2 bridgehead atoms. The molecule has 4 aliphatic rings. The lowest BCUT2D eigenvalue weighted by Gasteiger charge is -2.61. The van der Waals surface area contributed by atoms with Gasteiger partial charge in [-0.25, -0.2) is 0 Å². The van der Waals surface area contributed by atoms with Crippen LogP contribution in [0.5, 0.6) is 0 Å². The van der Waals surface area contributed by atoms with Crippen molar-refractivity contribution in [2.24, 2.45) is 34.0 Å². The molecule has 0 aromatic carbocycles. The lowest BCUT2D eigenvalue weighted by molar-refractivity contribution is -0.205. The number of ether oxygens (including phenoxy) is 1. The van der Waals surface area contributed by atoms with Crippen LogP contribution in [0, 0.1) is 34.0 Å². The number of Topliss-reactive ketones (excluding diaryl/α,β-unsaturated/α-hetero) is 1. The fourth-order valence-corrected chi connectivity index (χ4v) is 9.72. The molecule has 0 radical (unpaired) electrons. The first-order valence-corrected chi connectivity index (χ1v) is 15.4. The van der Waals surface area contributed by atoms with Crippen LogP contribution in [-0.2, 0) is 19.1 Å². The second kappa shape index (κ2) is 10.9. The predicted octanol–water partition coefficient (Wildman–Crippen LogP) is 4.04. The summed E-state index contributed by atoms with van der Waals surface area (Å²) in [5, 5.41) is 25.0. The average molecular weight is 550 g/mol. The Morgan fingerprint density at radius 3 is 2.55 bits per heavy atom. The first-order chi connectivity index (χ1) is 17.8. The summed E-state index contributed by atoms with van der Waals surface area (Å²) >= 11 is 1.38. The summed E-state index contributed by atoms with van der Waals surface area (Å²) in [6.45, 7) is 14.0. The Morgan fingerprint density at radius 2 is 1.89 bits per heavy atom. The Morgan fingerprint density at radius 1 is 1.18 bits per heavy atom. The topological polar surface area (TPSA) is 113 Å². The molecule has 0 aliphatic heterocycles. The van der Waals surface area contributed by atoms with Crippen LogP contribution in [-0.4, -0.2) is 63.2 Å². The maximum Gasteiger partial charge on any atom is 0.316 e. The van der Waals surface area contributed by atoms with E-state index >= 15 is 0 Å². The minimum absolute atomic E-state index is 0.00435. The van der Waals surface area contributed by atoms with Crippen molar-refractivity contribution in [3.8, 4) is 0 Å². The third-order valence-electron chi connectivity index (χ3n) is 11.2. The van der Waals surface area contributed by atoms with E-state index in [9.17, 15) is 24.6 Å². The smallest absolute Gasteiger partial charge is 0.316 e. The predicted molar refractivity (Wildman–Crippen MR) is 148 cm³/mol. The molecule has 8 heteroatoms. The molecule has 2 unspecified atom stereocenters. The molecule has 4 aliphatic carbocycles. The van der Waals surface area contributed by atoms with Crippen LogP contribution >= 0.6 is 11.8 Å². The van der Waals surface area contributed by atoms with E-state index in [0.29, 0.717) is 25.7 Å². The second-order valence-corrected chi connectivity index (χ2v) is 14.4. The van der Waals surface area contributed by atoms with Crippen LogP contribution < -0.4 is 5.32 Å². The van der Waals surface area contributed by atoms with Gasteiger partial charge in [0.2, 0.25) is 5.91 Å². The molecule has 214 valence electrons. The van der Waals surface area contributed by atoms with Gasteiger partial charge in [-0.3, -0.25) is 14.4 Å². The molecule has 38 heavy (non-hydrogen) atoms. The number of ketones is 1. The van der Waals surface area contributed by atoms with Crippen molar-refractivity contribution in [3.05, 3.63) is 12.7 Å². The fourth-order valence-electron chi connectivity index (χ4n) is 8.58. The van der Waals surface area contributed by atoms with Crippen molar-refractivity contribution in [1.29, 1.82) is 0 Å². The number of hydrogen-bond acceptors (Lipinski definition) is 7. The maximum atomic E-state index is 13.5. The van der Waals surface area contributed by atoms with E-state index in [4.69, 9.17) is 4.74 Å². The first kappa shape index (κ1) is 29.6. The number of rotatable bonds is 6. The quantitative estimate of drug-likeness (QED) is 0.338. The number of carbonyl (C=O) groups is 3. The van der Waals surface area contributed by atoms with E-state index in [-0.39, 0.29) is 57.9 Å². The normalized spacial score (nSPS) is 46.9. The molecule has 0 spiro atoms. The molecular formula is C30H47NO6S. The third kappa shape index (κ3) is 4.98. The second-order valence-electron chi connectivity index (χ2n) is 13.2. The Kier molecular flexibility index (Phi) is 8.48. The number of nitrogens with one attached hydrogen (secondary N) is 1. The van der Waals surface area contributed by atoms with Gasteiger partial charge in [-0.15, -0.1) is 18.3 Å². The number of aliphatic hydroxyl groups is 2. The van der Waals surface area contributed by atoms with E-state index in [2.05, 4.69) is 32.7 Å². The van der Waals surface area contributed by atoms with Gasteiger partial charge in [-0.05, 0) is 62.2 Å². The van der Waals surface area contributed by atoms with Gasteiger partial charge >= 0.3 is 5.97 Å². The summed E-state index contributed by atoms with van der Waals surface area (Å²) in [7, 11) is 0. The van der Waals surface area contributed by atoms with Gasteiger partial charge in [0.1, 0.15) is 11.9 Å². The fraction of sp³-hybridized carbons (Fsp3) is 0.833. The molecule has 0 heterocycles. The lowest BCUT2D eigenvalue weighted by atomic mass is 9.44. The van der Waals surface area contributed by atoms with Crippen molar-refractivity contribution in [2.45, 2.75) is 116 Å². The molecule has 4 rings (SSSR count). The summed E-state index contributed by atoms with van der Waals surface area (Å²) in [5.74, 6) is -0.255. The minimum atomic E-state index is -0.690. The van der Waals surface area contributed by atoms with Crippen molar-refractivity contribution >= 4 is 29.4 Å². The van der Waals surface area contributed by atoms with Crippen LogP contribution in [0.2, 0.25) is 0 Å². The van der Waals surface area contributed by atoms with Crippen LogP contribution in [0.3, 0.4) is 0 Å². The molecule has 1 amide bonds. The highest BCUT2D eigenvalue weighted by molar-refractivity contribution is 8.00. The molecule has 4 fully saturated rings. The van der Waals surface area contributed by atoms with E-state index in [1.165, 1.54) is 18.7 Å². The van der Waals surface area contributed by atoms with Gasteiger partial charge < -0.3 is 20.3 Å². The number of carbonyl (C=O) groups excluding carboxylic acids is 3. The van der Waals surface area contributed by atoms with Crippen LogP contribution in [0.15, 0.2) is 12.7 Å². The van der Waals surface area contributed by atoms with Crippen molar-refractivity contribution in [3.63, 3.8) is 0 Å². The molecule has 7 nitrogen and oxygen atoms in total. The van der Waals surface area contributed by atoms with Crippen molar-refractivity contribution in [2.75, 3.05) is 5.75 Å². The summed E-state index contributed by atoms with van der Waals surface area (Å²) in [5.41, 5.74) is -1.50. The van der Waals surface area contributed by atoms with Gasteiger partial charge in [0.15, 0.2) is 0 Å². The Hall–Kier alpha value is -1.38. The van der Waals surface area contributed by atoms with Gasteiger partial charge in [0.25, 0.3) is 0 Å². The van der Waals surface area contributed by atoms with E-state index in [1.807, 2.05) is 13.0 Å². The Balaban J connectivity index is 1.57. The number of amides is 1. The first-order valence-electron chi connectivity index (χ1n) is 14.4. The van der Waals surface area contributed by atoms with E-state index in [0.717, 1.165) is 25.7 Å². The molecular weight excluding hydrogens is 502 g/mol. The van der Waals surface area contributed by atoms with E-state index in [1.54, 1.807) is 0 Å². The van der Waals surface area contributed by atoms with Gasteiger partial charge in [-0.1, -0.05) is 33.8 Å². The zero-order valence-corrected chi connectivity index (χ0v) is 24.5. The Bertz CT molecular complexity index is 957. The summed E-state index contributed by atoms with van der Waals surface area (Å²) in [4.78, 5) is 38.4. The SMILES string of the molecule is C=C[C@]1(C)C[C@@H](OC(=O)CS[C@@H]2C[C@H](NC(C)=O)CC[C@@H]2O)[C@]2(C)C(C)CCC3(CCC(=O)[C@H]32)[C@@H](C)[C@@H]1O. The van der Waals surface area contributed by atoms with Gasteiger partial charge in [0.05, 0.1) is 18.0 Å². The highest BCUT2D eigenvalue weighted by Gasteiger charge is 2.68. The Labute approximate surface area is 231 Å². The van der Waals surface area contributed by atoms with Crippen LogP contribution in [0.4, 0.5) is 0 Å². The maximum absolute atomic E-state index is 13.5. The number of thioether (sulfide) groups is 1. The molecule has 0 saturated heterocycles. The van der Waals surface area contributed by atoms with Crippen molar-refractivity contribution in [1.82, 2.24) is 5.32 Å². The number of esters is 1. The number of hydrogen-bond donors (Lipinski definition) is 3. The third-order valence-corrected chi connectivity index (χ3v) is 12.5. The zero-order valence-electron chi connectivity index (χ0n) is 23.7. The average Bonchev–Trinajstić information content (AvgIpc) is 3.22. The standard InChI is InChI=1S/C30H47NO6S/c1-7-28(5)15-24(37-25(35)16-38-23-14-20(31-19(4)32)8-9-21(23)33)29(6)17(2)10-12-30(18(3)27(28)36)13-11-22(34)26(29)30/h7,17-18,20-21,23-24,26-27,33,36H,1,8-16H2,2-6H3,(H,31,32)/t17?,18-,20+,21-,23+,24+,26-,27-,28+,29-,30?/m0/s1. The minimum Gasteiger partial charge on any atom is -0.461 e. The van der Waals surface area contributed by atoms with Crippen LogP contribution in [0.1, 0.15) is 86.0 Å². The van der Waals surface area contributed by atoms with E-state index < -0.39 is 29.1 Å². The summed E-state index contributed by atoms with van der Waals surface area (Å²) in [6.07, 6.45) is 5.49. The summed E-state index contributed by atoms with van der Waals surface area (Å²) in [6, 6.07) is -0.00435. The highest BCUT2D eigenvalue weighted by atomic mass is 32.2. The molecule has 3 N–H and O–H groups in total. The van der Waals surface area contributed by atoms with Gasteiger partial charge in [0, 0.05) is 41.4 Å². The monoisotopic (exact) mass is 549 g/mol. The molecule has 4 saturated carbocycles. The number of aliphatic hydroxyl groups excluding tert-OH is 2. The lowest BCUT2D eigenvalue weighted by Crippen LogP contribution is -2.63. The zero-order chi connectivity index (χ0) is 28.0. The molecule has 11 atom stereocenters.